The van der Waals surface area contributed by atoms with Crippen LogP contribution >= 0.6 is 0 Å². The van der Waals surface area contributed by atoms with E-state index in [-0.39, 0.29) is 30.0 Å². The van der Waals surface area contributed by atoms with E-state index in [0.717, 1.165) is 31.6 Å². The summed E-state index contributed by atoms with van der Waals surface area (Å²) in [5.41, 5.74) is 0.101. The van der Waals surface area contributed by atoms with Crippen molar-refractivity contribution in [1.29, 1.82) is 0 Å². The number of piperazine rings is 1. The summed E-state index contributed by atoms with van der Waals surface area (Å²) < 4.78 is 26.3. The maximum Gasteiger partial charge on any atom is 0.254 e. The zero-order valence-corrected chi connectivity index (χ0v) is 12.0. The van der Waals surface area contributed by atoms with Crippen molar-refractivity contribution in [3.63, 3.8) is 0 Å². The third kappa shape index (κ3) is 2.81. The predicted octanol–water partition coefficient (Wildman–Crippen LogP) is 0.611. The molecule has 2 aliphatic rings. The molecule has 2 amide bonds. The highest BCUT2D eigenvalue weighted by molar-refractivity contribution is 5.95. The molecule has 0 spiro atoms. The van der Waals surface area contributed by atoms with E-state index < -0.39 is 11.6 Å². The average Bonchev–Trinajstić information content (AvgIpc) is 2.73. The van der Waals surface area contributed by atoms with Gasteiger partial charge in [-0.15, -0.1) is 0 Å². The van der Waals surface area contributed by atoms with Crippen LogP contribution in [-0.2, 0) is 4.79 Å². The zero-order valence-electron chi connectivity index (χ0n) is 12.0. The van der Waals surface area contributed by atoms with Gasteiger partial charge in [-0.25, -0.2) is 8.78 Å². The fraction of sp³-hybridized carbons (Fsp3) is 0.467. The predicted molar refractivity (Wildman–Crippen MR) is 75.2 cm³/mol. The first-order valence-corrected chi connectivity index (χ1v) is 7.32. The van der Waals surface area contributed by atoms with Gasteiger partial charge < -0.3 is 10.2 Å². The van der Waals surface area contributed by atoms with Gasteiger partial charge in [-0.2, -0.15) is 0 Å². The smallest absolute Gasteiger partial charge is 0.254 e. The summed E-state index contributed by atoms with van der Waals surface area (Å²) in [6.07, 6.45) is 0.749. The fourth-order valence-electron chi connectivity index (χ4n) is 2.99. The minimum absolute atomic E-state index is 0.0868. The minimum atomic E-state index is -1.04. The molecule has 0 radical (unpaired) electrons. The van der Waals surface area contributed by atoms with E-state index >= 15 is 0 Å². The van der Waals surface area contributed by atoms with Gasteiger partial charge in [0.2, 0.25) is 5.91 Å². The number of fused-ring (bicyclic) bond motifs is 1. The van der Waals surface area contributed by atoms with Crippen molar-refractivity contribution in [2.45, 2.75) is 12.5 Å². The van der Waals surface area contributed by atoms with Gasteiger partial charge >= 0.3 is 0 Å². The molecule has 0 bridgehead atoms. The summed E-state index contributed by atoms with van der Waals surface area (Å²) in [6.45, 7) is 2.90. The Bertz CT molecular complexity index is 608. The molecule has 5 nitrogen and oxygen atoms in total. The molecule has 2 saturated heterocycles. The lowest BCUT2D eigenvalue weighted by Crippen LogP contribution is -2.58. The van der Waals surface area contributed by atoms with Gasteiger partial charge in [0, 0.05) is 38.3 Å². The van der Waals surface area contributed by atoms with Crippen LogP contribution in [0.5, 0.6) is 0 Å². The number of halogens is 2. The summed E-state index contributed by atoms with van der Waals surface area (Å²) in [7, 11) is 0. The van der Waals surface area contributed by atoms with Gasteiger partial charge in [0.25, 0.3) is 5.91 Å². The first-order chi connectivity index (χ1) is 10.6. The largest absolute Gasteiger partial charge is 0.353 e. The molecule has 118 valence electrons. The first-order valence-electron chi connectivity index (χ1n) is 7.32. The van der Waals surface area contributed by atoms with Crippen LogP contribution in [0.25, 0.3) is 0 Å². The van der Waals surface area contributed by atoms with Crippen molar-refractivity contribution in [2.24, 2.45) is 0 Å². The number of rotatable bonds is 1. The highest BCUT2D eigenvalue weighted by Gasteiger charge is 2.34. The Kier molecular flexibility index (Phi) is 4.06. The summed E-state index contributed by atoms with van der Waals surface area (Å²) >= 11 is 0. The normalized spacial score (nSPS) is 22.7. The molecule has 0 aromatic heterocycles. The van der Waals surface area contributed by atoms with E-state index in [0.29, 0.717) is 13.1 Å². The number of amides is 2. The molecule has 7 heteroatoms. The van der Waals surface area contributed by atoms with E-state index in [4.69, 9.17) is 0 Å². The Balaban J connectivity index is 1.79. The van der Waals surface area contributed by atoms with Crippen LogP contribution < -0.4 is 5.32 Å². The van der Waals surface area contributed by atoms with Crippen molar-refractivity contribution in [2.75, 3.05) is 32.7 Å². The van der Waals surface area contributed by atoms with Gasteiger partial charge in [-0.05, 0) is 24.6 Å². The third-order valence-corrected chi connectivity index (χ3v) is 4.16. The quantitative estimate of drug-likeness (QED) is 0.827. The van der Waals surface area contributed by atoms with Crippen LogP contribution in [0.4, 0.5) is 8.78 Å². The van der Waals surface area contributed by atoms with Crippen molar-refractivity contribution < 1.29 is 18.4 Å². The van der Waals surface area contributed by atoms with Crippen molar-refractivity contribution in [3.05, 3.63) is 35.4 Å². The second-order valence-corrected chi connectivity index (χ2v) is 5.58. The number of hydrogen-bond acceptors (Lipinski definition) is 3. The van der Waals surface area contributed by atoms with E-state index in [2.05, 4.69) is 10.2 Å². The second-order valence-electron chi connectivity index (χ2n) is 5.58. The van der Waals surface area contributed by atoms with Crippen LogP contribution in [0.1, 0.15) is 16.8 Å². The van der Waals surface area contributed by atoms with Crippen molar-refractivity contribution >= 4 is 11.8 Å². The Hall–Kier alpha value is -2.02. The Morgan fingerprint density at radius 2 is 2.00 bits per heavy atom. The molecule has 0 saturated carbocycles. The van der Waals surface area contributed by atoms with E-state index in [9.17, 15) is 18.4 Å². The molecule has 1 aromatic carbocycles. The fourth-order valence-corrected chi connectivity index (χ4v) is 2.99. The molecule has 1 N–H and O–H groups in total. The van der Waals surface area contributed by atoms with Crippen LogP contribution in [0, 0.1) is 11.6 Å². The van der Waals surface area contributed by atoms with Gasteiger partial charge in [0.05, 0.1) is 0 Å². The van der Waals surface area contributed by atoms with Crippen LogP contribution in [0.3, 0.4) is 0 Å². The van der Waals surface area contributed by atoms with Crippen molar-refractivity contribution in [3.8, 4) is 0 Å². The lowest BCUT2D eigenvalue weighted by molar-refractivity contribution is -0.128. The summed E-state index contributed by atoms with van der Waals surface area (Å²) in [4.78, 5) is 28.1. The maximum absolute atomic E-state index is 13.3. The van der Waals surface area contributed by atoms with Gasteiger partial charge in [0.15, 0.2) is 11.6 Å². The van der Waals surface area contributed by atoms with Crippen LogP contribution in [-0.4, -0.2) is 60.4 Å². The topological polar surface area (TPSA) is 52.7 Å². The van der Waals surface area contributed by atoms with Crippen LogP contribution in [0.2, 0.25) is 0 Å². The van der Waals surface area contributed by atoms with Crippen molar-refractivity contribution in [1.82, 2.24) is 15.1 Å². The highest BCUT2D eigenvalue weighted by atomic mass is 19.2. The third-order valence-electron chi connectivity index (χ3n) is 4.16. The number of nitrogens with zero attached hydrogens (tertiary/aromatic N) is 2. The molecule has 0 aliphatic carbocycles. The molecular formula is C15H17F2N3O2. The summed E-state index contributed by atoms with van der Waals surface area (Å²) in [6, 6.07) is 2.75. The molecule has 1 atom stereocenters. The Labute approximate surface area is 126 Å². The number of benzene rings is 1. The maximum atomic E-state index is 13.3. The summed E-state index contributed by atoms with van der Waals surface area (Å²) in [5, 5.41) is 2.80. The van der Waals surface area contributed by atoms with E-state index in [1.165, 1.54) is 6.07 Å². The van der Waals surface area contributed by atoms with Gasteiger partial charge in [-0.1, -0.05) is 0 Å². The van der Waals surface area contributed by atoms with Gasteiger partial charge in [-0.3, -0.25) is 14.5 Å². The Morgan fingerprint density at radius 1 is 1.18 bits per heavy atom. The molecular weight excluding hydrogens is 292 g/mol. The number of carbonyl (C=O) groups excluding carboxylic acids is 2. The van der Waals surface area contributed by atoms with Crippen LogP contribution in [0.15, 0.2) is 18.2 Å². The molecule has 1 unspecified atom stereocenters. The zero-order chi connectivity index (χ0) is 15.7. The molecule has 2 aliphatic heterocycles. The number of nitrogens with one attached hydrogen (secondary N) is 1. The summed E-state index contributed by atoms with van der Waals surface area (Å²) in [5.74, 6) is -2.49. The first kappa shape index (κ1) is 14.9. The monoisotopic (exact) mass is 309 g/mol. The van der Waals surface area contributed by atoms with Gasteiger partial charge in [0.1, 0.15) is 6.04 Å². The lowest BCUT2D eigenvalue weighted by atomic mass is 10.1. The number of hydrogen-bond donors (Lipinski definition) is 1. The van der Waals surface area contributed by atoms with E-state index in [1.54, 1.807) is 4.90 Å². The minimum Gasteiger partial charge on any atom is -0.353 e. The molecule has 22 heavy (non-hydrogen) atoms. The molecule has 2 fully saturated rings. The number of carbonyl (C=O) groups is 2. The SMILES string of the molecule is O=C1NCCN2CCCN(C(=O)c3ccc(F)c(F)c3)CC12. The highest BCUT2D eigenvalue weighted by Crippen LogP contribution is 2.16. The average molecular weight is 309 g/mol. The standard InChI is InChI=1S/C15H17F2N3O2/c16-11-3-2-10(8-12(11)17)15(22)20-6-1-5-19-7-4-18-14(21)13(19)9-20/h2-3,8,13H,1,4-7,9H2,(H,18,21). The Morgan fingerprint density at radius 3 is 2.77 bits per heavy atom. The second kappa shape index (κ2) is 6.00. The van der Waals surface area contributed by atoms with E-state index in [1.807, 2.05) is 0 Å². The molecule has 3 rings (SSSR count). The molecule has 2 heterocycles. The lowest BCUT2D eigenvalue weighted by Gasteiger charge is -2.34. The molecule has 1 aromatic rings.